The summed E-state index contributed by atoms with van der Waals surface area (Å²) in [6.07, 6.45) is 3.87. The van der Waals surface area contributed by atoms with Crippen molar-refractivity contribution in [2.75, 3.05) is 20.8 Å². The van der Waals surface area contributed by atoms with Crippen molar-refractivity contribution >= 4 is 12.0 Å². The van der Waals surface area contributed by atoms with Crippen LogP contribution in [0.1, 0.15) is 18.9 Å². The highest BCUT2D eigenvalue weighted by Gasteiger charge is 2.00. The summed E-state index contributed by atoms with van der Waals surface area (Å²) in [7, 11) is 3.16. The maximum atomic E-state index is 11.3. The number of benzene rings is 1. The van der Waals surface area contributed by atoms with Gasteiger partial charge in [-0.1, -0.05) is 6.92 Å². The van der Waals surface area contributed by atoms with Gasteiger partial charge in [0.25, 0.3) is 0 Å². The Morgan fingerprint density at radius 2 is 1.78 bits per heavy atom. The summed E-state index contributed by atoms with van der Waals surface area (Å²) < 4.78 is 15.2. The molecule has 0 unspecified atom stereocenters. The number of rotatable bonds is 6. The quantitative estimate of drug-likeness (QED) is 0.575. The third kappa shape index (κ3) is 4.49. The summed E-state index contributed by atoms with van der Waals surface area (Å²) in [5.74, 6) is 1.01. The van der Waals surface area contributed by atoms with Crippen molar-refractivity contribution in [2.45, 2.75) is 13.3 Å². The van der Waals surface area contributed by atoms with Crippen LogP contribution in [0.3, 0.4) is 0 Å². The monoisotopic (exact) mass is 250 g/mol. The van der Waals surface area contributed by atoms with Crippen molar-refractivity contribution in [3.63, 3.8) is 0 Å². The normalized spacial score (nSPS) is 10.4. The first-order chi connectivity index (χ1) is 8.69. The molecule has 0 amide bonds. The van der Waals surface area contributed by atoms with Gasteiger partial charge in [0.1, 0.15) is 11.5 Å². The van der Waals surface area contributed by atoms with E-state index in [1.165, 1.54) is 6.08 Å². The van der Waals surface area contributed by atoms with Crippen LogP contribution in [0.4, 0.5) is 0 Å². The van der Waals surface area contributed by atoms with Crippen LogP contribution >= 0.6 is 0 Å². The number of carbonyl (C=O) groups excluding carboxylic acids is 1. The van der Waals surface area contributed by atoms with Crippen LogP contribution < -0.4 is 9.47 Å². The Bertz CT molecular complexity index is 402. The van der Waals surface area contributed by atoms with Crippen molar-refractivity contribution in [1.29, 1.82) is 0 Å². The molecule has 0 saturated heterocycles. The lowest BCUT2D eigenvalue weighted by atomic mass is 10.2. The van der Waals surface area contributed by atoms with Crippen molar-refractivity contribution in [2.24, 2.45) is 0 Å². The molecule has 0 aliphatic carbocycles. The van der Waals surface area contributed by atoms with Gasteiger partial charge in [-0.15, -0.1) is 0 Å². The Kier molecular flexibility index (Phi) is 5.77. The lowest BCUT2D eigenvalue weighted by Gasteiger charge is -2.05. The van der Waals surface area contributed by atoms with E-state index in [1.807, 2.05) is 19.1 Å². The Hall–Kier alpha value is -1.97. The molecule has 1 aromatic carbocycles. The van der Waals surface area contributed by atoms with E-state index in [4.69, 9.17) is 14.2 Å². The fourth-order valence-corrected chi connectivity index (χ4v) is 1.34. The molecule has 98 valence electrons. The summed E-state index contributed by atoms with van der Waals surface area (Å²) >= 11 is 0. The lowest BCUT2D eigenvalue weighted by molar-refractivity contribution is -0.137. The van der Waals surface area contributed by atoms with E-state index in [-0.39, 0.29) is 5.97 Å². The third-order valence-corrected chi connectivity index (χ3v) is 2.23. The van der Waals surface area contributed by atoms with Crippen LogP contribution in [-0.4, -0.2) is 26.8 Å². The van der Waals surface area contributed by atoms with Crippen LogP contribution in [0.5, 0.6) is 11.5 Å². The van der Waals surface area contributed by atoms with Gasteiger partial charge in [0.15, 0.2) is 0 Å². The summed E-state index contributed by atoms with van der Waals surface area (Å²) in [5, 5.41) is 0. The predicted octanol–water partition coefficient (Wildman–Crippen LogP) is 2.67. The first-order valence-corrected chi connectivity index (χ1v) is 5.77. The molecule has 4 heteroatoms. The van der Waals surface area contributed by atoms with Crippen molar-refractivity contribution in [3.8, 4) is 11.5 Å². The smallest absolute Gasteiger partial charge is 0.330 e. The molecule has 18 heavy (non-hydrogen) atoms. The van der Waals surface area contributed by atoms with Gasteiger partial charge in [-0.25, -0.2) is 4.79 Å². The fraction of sp³-hybridized carbons (Fsp3) is 0.357. The molecule has 0 radical (unpaired) electrons. The minimum Gasteiger partial charge on any atom is -0.497 e. The first kappa shape index (κ1) is 14.1. The first-order valence-electron chi connectivity index (χ1n) is 5.77. The molecule has 0 N–H and O–H groups in total. The highest BCUT2D eigenvalue weighted by atomic mass is 16.5. The zero-order chi connectivity index (χ0) is 13.4. The molecule has 0 spiro atoms. The van der Waals surface area contributed by atoms with Crippen LogP contribution in [0.25, 0.3) is 6.08 Å². The molecular weight excluding hydrogens is 232 g/mol. The average Bonchev–Trinajstić information content (AvgIpc) is 2.42. The van der Waals surface area contributed by atoms with Crippen LogP contribution in [0.2, 0.25) is 0 Å². The summed E-state index contributed by atoms with van der Waals surface area (Å²) in [4.78, 5) is 11.3. The van der Waals surface area contributed by atoms with Crippen LogP contribution in [0.15, 0.2) is 24.3 Å². The molecule has 0 fully saturated rings. The molecule has 0 aromatic heterocycles. The van der Waals surface area contributed by atoms with Gasteiger partial charge < -0.3 is 14.2 Å². The summed E-state index contributed by atoms with van der Waals surface area (Å²) in [6.45, 7) is 2.38. The van der Waals surface area contributed by atoms with Crippen molar-refractivity contribution < 1.29 is 19.0 Å². The Morgan fingerprint density at radius 1 is 1.17 bits per heavy atom. The zero-order valence-corrected chi connectivity index (χ0v) is 10.9. The molecule has 0 saturated carbocycles. The highest BCUT2D eigenvalue weighted by Crippen LogP contribution is 2.23. The maximum Gasteiger partial charge on any atom is 0.330 e. The molecule has 1 aromatic rings. The molecule has 1 rings (SSSR count). The van der Waals surface area contributed by atoms with E-state index in [9.17, 15) is 4.79 Å². The molecule has 0 heterocycles. The van der Waals surface area contributed by atoms with Gasteiger partial charge in [0.05, 0.1) is 20.8 Å². The number of esters is 1. The fourth-order valence-electron chi connectivity index (χ4n) is 1.34. The number of carbonyl (C=O) groups is 1. The largest absolute Gasteiger partial charge is 0.497 e. The number of hydrogen-bond acceptors (Lipinski definition) is 4. The molecule has 0 aliphatic rings. The minimum absolute atomic E-state index is 0.348. The second-order valence-electron chi connectivity index (χ2n) is 3.65. The van der Waals surface area contributed by atoms with E-state index >= 15 is 0 Å². The molecule has 4 nitrogen and oxygen atoms in total. The topological polar surface area (TPSA) is 44.8 Å². The van der Waals surface area contributed by atoms with E-state index in [0.717, 1.165) is 12.0 Å². The van der Waals surface area contributed by atoms with Gasteiger partial charge in [-0.2, -0.15) is 0 Å². The van der Waals surface area contributed by atoms with Crippen molar-refractivity contribution in [3.05, 3.63) is 29.8 Å². The Morgan fingerprint density at radius 3 is 2.28 bits per heavy atom. The third-order valence-electron chi connectivity index (χ3n) is 2.23. The Balaban J connectivity index is 2.76. The van der Waals surface area contributed by atoms with Gasteiger partial charge in [0.2, 0.25) is 0 Å². The van der Waals surface area contributed by atoms with E-state index < -0.39 is 0 Å². The van der Waals surface area contributed by atoms with Crippen LogP contribution in [-0.2, 0) is 9.53 Å². The molecular formula is C14H18O4. The number of ether oxygens (including phenoxy) is 3. The standard InChI is InChI=1S/C14H18O4/c1-4-7-18-14(15)6-5-11-8-12(16-2)10-13(9-11)17-3/h5-6,8-10H,4,7H2,1-3H3. The van der Waals surface area contributed by atoms with Gasteiger partial charge in [-0.3, -0.25) is 0 Å². The average molecular weight is 250 g/mol. The number of hydrogen-bond donors (Lipinski definition) is 0. The lowest BCUT2D eigenvalue weighted by Crippen LogP contribution is -2.00. The van der Waals surface area contributed by atoms with E-state index in [0.29, 0.717) is 18.1 Å². The van der Waals surface area contributed by atoms with Crippen LogP contribution in [0, 0.1) is 0 Å². The number of methoxy groups -OCH3 is 2. The molecule has 0 atom stereocenters. The van der Waals surface area contributed by atoms with E-state index in [2.05, 4.69) is 0 Å². The second kappa shape index (κ2) is 7.37. The van der Waals surface area contributed by atoms with E-state index in [1.54, 1.807) is 26.4 Å². The van der Waals surface area contributed by atoms with Crippen molar-refractivity contribution in [1.82, 2.24) is 0 Å². The second-order valence-corrected chi connectivity index (χ2v) is 3.65. The Labute approximate surface area is 107 Å². The molecule has 0 bridgehead atoms. The summed E-state index contributed by atoms with van der Waals surface area (Å²) in [6, 6.07) is 5.39. The zero-order valence-electron chi connectivity index (χ0n) is 10.9. The van der Waals surface area contributed by atoms with Gasteiger partial charge in [0, 0.05) is 12.1 Å². The SMILES string of the molecule is CCCOC(=O)C=Cc1cc(OC)cc(OC)c1. The minimum atomic E-state index is -0.348. The maximum absolute atomic E-state index is 11.3. The molecule has 0 aliphatic heterocycles. The highest BCUT2D eigenvalue weighted by molar-refractivity contribution is 5.87. The van der Waals surface area contributed by atoms with Gasteiger partial charge in [-0.05, 0) is 30.2 Å². The summed E-state index contributed by atoms with van der Waals surface area (Å²) in [5.41, 5.74) is 0.819. The predicted molar refractivity (Wildman–Crippen MR) is 69.8 cm³/mol. The van der Waals surface area contributed by atoms with Gasteiger partial charge >= 0.3 is 5.97 Å².